The Labute approximate surface area is 266 Å². The van der Waals surface area contributed by atoms with Crippen LogP contribution >= 0.6 is 0 Å². The Morgan fingerprint density at radius 2 is 1.70 bits per heavy atom. The van der Waals surface area contributed by atoms with Gasteiger partial charge in [-0.3, -0.25) is 8.98 Å². The fourth-order valence-electron chi connectivity index (χ4n) is 6.47. The summed E-state index contributed by atoms with van der Waals surface area (Å²) in [5, 5.41) is 0. The maximum atomic E-state index is 12.4. The van der Waals surface area contributed by atoms with Gasteiger partial charge in [-0.05, 0) is 75.5 Å². The van der Waals surface area contributed by atoms with Crippen LogP contribution in [0.3, 0.4) is 0 Å². The number of carbonyl (C=O) groups excluding carboxylic acids is 1. The van der Waals surface area contributed by atoms with Crippen LogP contribution in [0.2, 0.25) is 0 Å². The van der Waals surface area contributed by atoms with Crippen LogP contribution < -0.4 is 0 Å². The summed E-state index contributed by atoms with van der Waals surface area (Å²) in [4.78, 5) is 11.5. The molecule has 0 radical (unpaired) electrons. The van der Waals surface area contributed by atoms with Gasteiger partial charge < -0.3 is 23.7 Å². The summed E-state index contributed by atoms with van der Waals surface area (Å²) in [5.74, 6) is -0.452. The number of esters is 1. The van der Waals surface area contributed by atoms with Gasteiger partial charge in [-0.2, -0.15) is 8.42 Å². The molecule has 0 aromatic rings. The number of unbranched alkanes of at least 4 members (excludes halogenated alkanes) is 2. The first-order valence-corrected chi connectivity index (χ1v) is 18.7. The average Bonchev–Trinajstić information content (AvgIpc) is 3.30. The molecule has 0 amide bonds. The van der Waals surface area contributed by atoms with Gasteiger partial charge in [0, 0.05) is 32.0 Å². The minimum absolute atomic E-state index is 0.104. The van der Waals surface area contributed by atoms with Crippen molar-refractivity contribution < 1.29 is 41.1 Å². The second kappa shape index (κ2) is 18.7. The van der Waals surface area contributed by atoms with Crippen LogP contribution in [-0.2, 0) is 42.8 Å². The minimum Gasteiger partial charge on any atom is -0.469 e. The van der Waals surface area contributed by atoms with Gasteiger partial charge in [-0.25, -0.2) is 0 Å². The molecule has 0 bridgehead atoms. The minimum atomic E-state index is -3.68. The number of ether oxygens (including phenoxy) is 5. The molecule has 0 aromatic heterocycles. The van der Waals surface area contributed by atoms with Gasteiger partial charge in [0.25, 0.3) is 10.1 Å². The lowest BCUT2D eigenvalue weighted by Crippen LogP contribution is -2.37. The highest BCUT2D eigenvalue weighted by atomic mass is 32.2. The topological polar surface area (TPSA) is 107 Å². The molecule has 2 unspecified atom stereocenters. The van der Waals surface area contributed by atoms with Crippen LogP contribution in [0.5, 0.6) is 0 Å². The number of hydrogen-bond donors (Lipinski definition) is 0. The predicted molar refractivity (Wildman–Crippen MR) is 170 cm³/mol. The second-order valence-electron chi connectivity index (χ2n) is 13.3. The Morgan fingerprint density at radius 3 is 2.32 bits per heavy atom. The van der Waals surface area contributed by atoms with Gasteiger partial charge in [-0.15, -0.1) is 0 Å². The van der Waals surface area contributed by atoms with E-state index in [0.29, 0.717) is 32.3 Å². The number of methoxy groups -OCH3 is 1. The smallest absolute Gasteiger partial charge is 0.305 e. The van der Waals surface area contributed by atoms with Crippen LogP contribution in [-0.4, -0.2) is 71.9 Å². The maximum Gasteiger partial charge on any atom is 0.305 e. The summed E-state index contributed by atoms with van der Waals surface area (Å²) in [6.07, 6.45) is 20.1. The van der Waals surface area contributed by atoms with Gasteiger partial charge in [0.2, 0.25) is 0 Å². The van der Waals surface area contributed by atoms with Crippen molar-refractivity contribution in [1.82, 2.24) is 0 Å². The Balaban J connectivity index is 1.87. The lowest BCUT2D eigenvalue weighted by atomic mass is 9.80. The van der Waals surface area contributed by atoms with Crippen molar-refractivity contribution in [2.45, 2.75) is 142 Å². The number of rotatable bonds is 18. The lowest BCUT2D eigenvalue weighted by Gasteiger charge is -2.36. The van der Waals surface area contributed by atoms with E-state index in [1.165, 1.54) is 7.11 Å². The zero-order valence-electron chi connectivity index (χ0n) is 27.7. The summed E-state index contributed by atoms with van der Waals surface area (Å²) < 4.78 is 60.3. The van der Waals surface area contributed by atoms with Crippen molar-refractivity contribution >= 4 is 16.1 Å². The highest BCUT2D eigenvalue weighted by Gasteiger charge is 2.45. The summed E-state index contributed by atoms with van der Waals surface area (Å²) in [6, 6.07) is 0. The van der Waals surface area contributed by atoms with E-state index in [0.717, 1.165) is 77.1 Å². The van der Waals surface area contributed by atoms with Gasteiger partial charge >= 0.3 is 5.97 Å². The average molecular weight is 643 g/mol. The number of hydrogen-bond acceptors (Lipinski definition) is 9. The van der Waals surface area contributed by atoms with Crippen molar-refractivity contribution in [3.05, 3.63) is 24.3 Å². The highest BCUT2D eigenvalue weighted by molar-refractivity contribution is 7.86. The summed E-state index contributed by atoms with van der Waals surface area (Å²) in [6.45, 7) is 8.10. The molecule has 0 spiro atoms. The second-order valence-corrected chi connectivity index (χ2v) is 14.9. The Morgan fingerprint density at radius 1 is 1.00 bits per heavy atom. The van der Waals surface area contributed by atoms with Crippen molar-refractivity contribution in [2.24, 2.45) is 17.3 Å². The third-order valence-corrected chi connectivity index (χ3v) is 9.67. The molecule has 2 heterocycles. The Hall–Kier alpha value is -1.30. The Kier molecular flexibility index (Phi) is 15.8. The van der Waals surface area contributed by atoms with Crippen LogP contribution in [0.1, 0.15) is 111 Å². The van der Waals surface area contributed by atoms with Gasteiger partial charge in [0.1, 0.15) is 0 Å². The largest absolute Gasteiger partial charge is 0.469 e. The molecule has 1 saturated carbocycles. The van der Waals surface area contributed by atoms with Crippen LogP contribution in [0.15, 0.2) is 24.3 Å². The normalized spacial score (nSPS) is 29.4. The van der Waals surface area contributed by atoms with E-state index >= 15 is 0 Å². The fourth-order valence-corrected chi connectivity index (χ4v) is 7.14. The molecule has 7 atom stereocenters. The molecule has 2 saturated heterocycles. The molecular weight excluding hydrogens is 584 g/mol. The highest BCUT2D eigenvalue weighted by Crippen LogP contribution is 2.42. The van der Waals surface area contributed by atoms with E-state index < -0.39 is 16.2 Å². The van der Waals surface area contributed by atoms with Gasteiger partial charge in [-0.1, -0.05) is 57.9 Å². The van der Waals surface area contributed by atoms with Crippen molar-refractivity contribution in [2.75, 3.05) is 26.6 Å². The summed E-state index contributed by atoms with van der Waals surface area (Å²) in [5.41, 5.74) is -0.119. The fraction of sp³-hybridized carbons (Fsp3) is 0.853. The molecule has 3 aliphatic rings. The SMILES string of the molecule is CCCCC(C)(C)[C@@H](C=C[C@@H]1[C@@H](CC=CCCCC(=O)OC)[C@H](OS(C)(=O)=O)C[C@H]1OC1CCCCO1)OC1CCCCO1. The van der Waals surface area contributed by atoms with E-state index in [1.54, 1.807) is 0 Å². The first-order valence-electron chi connectivity index (χ1n) is 16.8. The zero-order chi connectivity index (χ0) is 32.0. The molecular formula is C34H58O9S. The van der Waals surface area contributed by atoms with E-state index in [9.17, 15) is 13.2 Å². The maximum absolute atomic E-state index is 12.4. The lowest BCUT2D eigenvalue weighted by molar-refractivity contribution is -0.198. The number of allylic oxidation sites excluding steroid dienone is 2. The molecule has 10 heteroatoms. The van der Waals surface area contributed by atoms with E-state index in [-0.39, 0.29) is 48.0 Å². The third kappa shape index (κ3) is 12.8. The molecule has 9 nitrogen and oxygen atoms in total. The zero-order valence-corrected chi connectivity index (χ0v) is 28.6. The summed E-state index contributed by atoms with van der Waals surface area (Å²) >= 11 is 0. The molecule has 44 heavy (non-hydrogen) atoms. The van der Waals surface area contributed by atoms with E-state index in [2.05, 4.69) is 45.1 Å². The third-order valence-electron chi connectivity index (χ3n) is 9.07. The molecule has 254 valence electrons. The monoisotopic (exact) mass is 642 g/mol. The van der Waals surface area contributed by atoms with Crippen LogP contribution in [0.4, 0.5) is 0 Å². The van der Waals surface area contributed by atoms with Gasteiger partial charge in [0.15, 0.2) is 12.6 Å². The van der Waals surface area contributed by atoms with Crippen LogP contribution in [0.25, 0.3) is 0 Å². The van der Waals surface area contributed by atoms with Crippen LogP contribution in [0, 0.1) is 17.3 Å². The molecule has 0 N–H and O–H groups in total. The van der Waals surface area contributed by atoms with Gasteiger partial charge in [0.05, 0.1) is 31.7 Å². The molecule has 1 aliphatic carbocycles. The van der Waals surface area contributed by atoms with E-state index in [4.69, 9.17) is 27.9 Å². The van der Waals surface area contributed by atoms with E-state index in [1.807, 2.05) is 0 Å². The first-order chi connectivity index (χ1) is 21.0. The first kappa shape index (κ1) is 37.2. The van der Waals surface area contributed by atoms with Crippen molar-refractivity contribution in [3.8, 4) is 0 Å². The molecule has 2 aliphatic heterocycles. The standard InChI is InChI=1S/C34H58O9S/c1-6-7-22-34(2,3)30(42-33-19-13-15-24-40-33)21-20-27-26(16-10-8-9-11-17-31(35)38-4)29(43-44(5,36)37)25-28(27)41-32-18-12-14-23-39-32/h8,10,20-21,26-30,32-33H,6-7,9,11-19,22-25H2,1-5H3/t26-,27-,28-,29-,30-,32?,33?/m1/s1. The number of carbonyl (C=O) groups is 1. The molecule has 3 rings (SSSR count). The quantitative estimate of drug-likeness (QED) is 0.0686. The Bertz CT molecular complexity index is 996. The predicted octanol–water partition coefficient (Wildman–Crippen LogP) is 6.85. The summed E-state index contributed by atoms with van der Waals surface area (Å²) in [7, 11) is -2.29. The van der Waals surface area contributed by atoms with Crippen molar-refractivity contribution in [1.29, 1.82) is 0 Å². The molecule has 3 fully saturated rings. The van der Waals surface area contributed by atoms with Crippen molar-refractivity contribution in [3.63, 3.8) is 0 Å². The molecule has 0 aromatic carbocycles.